The number of methoxy groups -OCH3 is 1. The number of piperazine rings is 1. The lowest BCUT2D eigenvalue weighted by molar-refractivity contribution is -0.903. The molecule has 0 amide bonds. The van der Waals surface area contributed by atoms with Crippen LogP contribution in [0, 0.1) is 17.3 Å². The number of nitrogens with one attached hydrogen (secondary N) is 1. The topological polar surface area (TPSA) is 63.4 Å². The Bertz CT molecular complexity index is 997. The zero-order chi connectivity index (χ0) is 25.9. The number of hydrogen-bond acceptors (Lipinski definition) is 5. The third-order valence-electron chi connectivity index (χ3n) is 9.97. The van der Waals surface area contributed by atoms with E-state index in [0.717, 1.165) is 38.4 Å². The predicted molar refractivity (Wildman–Crippen MR) is 128 cm³/mol. The molecule has 6 unspecified atom stereocenters. The lowest BCUT2D eigenvalue weighted by Gasteiger charge is -2.61. The molecule has 6 atom stereocenters. The summed E-state index contributed by atoms with van der Waals surface area (Å²) in [7, 11) is 1.66. The van der Waals surface area contributed by atoms with Gasteiger partial charge in [0.15, 0.2) is 0 Å². The fraction of sp³-hybridized carbons (Fsp3) is 0.741. The van der Waals surface area contributed by atoms with E-state index >= 15 is 0 Å². The first kappa shape index (κ1) is 25.8. The van der Waals surface area contributed by atoms with Gasteiger partial charge in [0.1, 0.15) is 12.0 Å². The van der Waals surface area contributed by atoms with Crippen molar-refractivity contribution >= 4 is 11.7 Å². The van der Waals surface area contributed by atoms with Crippen molar-refractivity contribution < 1.29 is 37.4 Å². The van der Waals surface area contributed by atoms with Crippen LogP contribution in [-0.2, 0) is 20.4 Å². The molecule has 200 valence electrons. The molecule has 4 aliphatic rings. The Hall–Kier alpha value is -1.84. The number of benzene rings is 1. The largest absolute Gasteiger partial charge is 0.462 e. The van der Waals surface area contributed by atoms with E-state index in [1.54, 1.807) is 13.2 Å². The Balaban J connectivity index is 1.26. The van der Waals surface area contributed by atoms with E-state index in [1.165, 1.54) is 17.0 Å². The summed E-state index contributed by atoms with van der Waals surface area (Å²) in [6.45, 7) is 7.43. The van der Waals surface area contributed by atoms with E-state index < -0.39 is 22.9 Å². The third-order valence-corrected chi connectivity index (χ3v) is 9.97. The van der Waals surface area contributed by atoms with Gasteiger partial charge in [0.05, 0.1) is 49.5 Å². The van der Waals surface area contributed by atoms with E-state index in [9.17, 15) is 23.1 Å². The summed E-state index contributed by atoms with van der Waals surface area (Å²) in [6, 6.07) is 5.47. The zero-order valence-electron chi connectivity index (χ0n) is 21.4. The summed E-state index contributed by atoms with van der Waals surface area (Å²) in [5.74, 6) is -0.526. The summed E-state index contributed by atoms with van der Waals surface area (Å²) in [4.78, 5) is 16.2. The average molecular weight is 512 g/mol. The smallest absolute Gasteiger partial charge is 0.416 e. The molecule has 1 aromatic carbocycles. The number of alkyl halides is 3. The summed E-state index contributed by atoms with van der Waals surface area (Å²) < 4.78 is 51.2. The molecule has 0 aromatic heterocycles. The second-order valence-electron chi connectivity index (χ2n) is 11.9. The van der Waals surface area contributed by atoms with Crippen molar-refractivity contribution in [2.75, 3.05) is 44.7 Å². The lowest BCUT2D eigenvalue weighted by atomic mass is 9.49. The first-order valence-electron chi connectivity index (χ1n) is 13.1. The van der Waals surface area contributed by atoms with Gasteiger partial charge < -0.3 is 24.4 Å². The molecule has 2 aliphatic heterocycles. The van der Waals surface area contributed by atoms with E-state index in [4.69, 9.17) is 9.47 Å². The lowest BCUT2D eigenvalue weighted by Crippen LogP contribution is -3.15. The van der Waals surface area contributed by atoms with Crippen molar-refractivity contribution in [3.8, 4) is 0 Å². The number of quaternary nitrogens is 1. The molecule has 2 aliphatic carbocycles. The molecule has 2 N–H and O–H groups in total. The summed E-state index contributed by atoms with van der Waals surface area (Å²) >= 11 is 0. The SMILES string of the molecule is COC1(C)CCCC2(C)CC3OC(=O)C(C[NH+]4CCN(c5cccc(C(F)(F)F)c5)CC4)C3CC21O. The molecular weight excluding hydrogens is 473 g/mol. The number of ether oxygens (including phenoxy) is 2. The van der Waals surface area contributed by atoms with Gasteiger partial charge in [-0.1, -0.05) is 13.0 Å². The maximum atomic E-state index is 13.1. The standard InChI is InChI=1S/C27H37F3N2O4/c1-24-8-5-9-25(2,35-3)26(24,34)15-20-21(23(33)36-22(20)16-24)17-31-10-12-32(13-11-31)19-7-4-6-18(14-19)27(28,29)30/h4,6-7,14,20-22,34H,5,8-13,15-17H2,1-3H3/p+1. The highest BCUT2D eigenvalue weighted by atomic mass is 19.4. The number of nitrogens with zero attached hydrogens (tertiary/aromatic N) is 1. The Morgan fingerprint density at radius 2 is 1.92 bits per heavy atom. The van der Waals surface area contributed by atoms with Crippen LogP contribution in [0.4, 0.5) is 18.9 Å². The molecule has 2 saturated carbocycles. The Kier molecular flexibility index (Phi) is 6.36. The first-order valence-corrected chi connectivity index (χ1v) is 13.1. The number of fused-ring (bicyclic) bond motifs is 2. The van der Waals surface area contributed by atoms with E-state index in [2.05, 4.69) is 6.92 Å². The van der Waals surface area contributed by atoms with Crippen molar-refractivity contribution in [1.82, 2.24) is 0 Å². The second kappa shape index (κ2) is 8.88. The van der Waals surface area contributed by atoms with Gasteiger partial charge in [0.25, 0.3) is 0 Å². The number of rotatable bonds is 4. The molecule has 0 bridgehead atoms. The molecule has 9 heteroatoms. The minimum absolute atomic E-state index is 0.0582. The predicted octanol–water partition coefficient (Wildman–Crippen LogP) is 2.69. The normalized spacial score (nSPS) is 39.5. The highest BCUT2D eigenvalue weighted by Crippen LogP contribution is 2.61. The monoisotopic (exact) mass is 511 g/mol. The number of carbonyl (C=O) groups is 1. The summed E-state index contributed by atoms with van der Waals surface area (Å²) in [5, 5.41) is 12.1. The molecule has 2 saturated heterocycles. The molecule has 1 aromatic rings. The molecule has 4 fully saturated rings. The molecule has 0 spiro atoms. The maximum Gasteiger partial charge on any atom is 0.416 e. The van der Waals surface area contributed by atoms with Crippen molar-refractivity contribution in [3.63, 3.8) is 0 Å². The molecule has 36 heavy (non-hydrogen) atoms. The summed E-state index contributed by atoms with van der Waals surface area (Å²) in [5.41, 5.74) is -2.12. The van der Waals surface area contributed by atoms with E-state index in [-0.39, 0.29) is 29.3 Å². The van der Waals surface area contributed by atoms with Gasteiger partial charge in [0, 0.05) is 24.1 Å². The van der Waals surface area contributed by atoms with E-state index in [0.29, 0.717) is 38.2 Å². The van der Waals surface area contributed by atoms with Crippen LogP contribution >= 0.6 is 0 Å². The van der Waals surface area contributed by atoms with Gasteiger partial charge in [0.2, 0.25) is 0 Å². The van der Waals surface area contributed by atoms with Crippen LogP contribution in [0.5, 0.6) is 0 Å². The van der Waals surface area contributed by atoms with Crippen LogP contribution < -0.4 is 9.80 Å². The minimum Gasteiger partial charge on any atom is -0.462 e. The van der Waals surface area contributed by atoms with Gasteiger partial charge in [-0.15, -0.1) is 0 Å². The Labute approximate surface area is 210 Å². The number of anilines is 1. The maximum absolute atomic E-state index is 13.1. The zero-order valence-corrected chi connectivity index (χ0v) is 21.4. The fourth-order valence-electron chi connectivity index (χ4n) is 7.59. The fourth-order valence-corrected chi connectivity index (χ4v) is 7.59. The van der Waals surface area contributed by atoms with E-state index in [1.807, 2.05) is 11.8 Å². The molecular formula is C27H38F3N2O4+. The van der Waals surface area contributed by atoms with Crippen molar-refractivity contribution in [1.29, 1.82) is 0 Å². The number of aliphatic hydroxyl groups is 1. The van der Waals surface area contributed by atoms with Crippen LogP contribution in [0.3, 0.4) is 0 Å². The van der Waals surface area contributed by atoms with Crippen molar-refractivity contribution in [2.24, 2.45) is 17.3 Å². The highest BCUT2D eigenvalue weighted by Gasteiger charge is 2.68. The second-order valence-corrected chi connectivity index (χ2v) is 11.9. The van der Waals surface area contributed by atoms with Crippen LogP contribution in [0.25, 0.3) is 0 Å². The first-order chi connectivity index (χ1) is 16.9. The number of esters is 1. The van der Waals surface area contributed by atoms with Gasteiger partial charge in [-0.05, 0) is 57.2 Å². The van der Waals surface area contributed by atoms with Crippen LogP contribution in [-0.4, -0.2) is 68.2 Å². The molecule has 6 nitrogen and oxygen atoms in total. The van der Waals surface area contributed by atoms with Gasteiger partial charge >= 0.3 is 12.1 Å². The Morgan fingerprint density at radius 3 is 2.58 bits per heavy atom. The molecule has 2 heterocycles. The minimum atomic E-state index is -4.36. The van der Waals surface area contributed by atoms with Crippen LogP contribution in [0.1, 0.15) is 51.5 Å². The van der Waals surface area contributed by atoms with Crippen LogP contribution in [0.2, 0.25) is 0 Å². The third kappa shape index (κ3) is 4.11. The van der Waals surface area contributed by atoms with Gasteiger partial charge in [-0.3, -0.25) is 4.79 Å². The van der Waals surface area contributed by atoms with Gasteiger partial charge in [-0.25, -0.2) is 0 Å². The quantitative estimate of drug-likeness (QED) is 0.609. The van der Waals surface area contributed by atoms with Crippen LogP contribution in [0.15, 0.2) is 24.3 Å². The van der Waals surface area contributed by atoms with Crippen molar-refractivity contribution in [3.05, 3.63) is 29.8 Å². The summed E-state index contributed by atoms with van der Waals surface area (Å²) in [6.07, 6.45) is -0.769. The van der Waals surface area contributed by atoms with Crippen molar-refractivity contribution in [2.45, 2.75) is 69.4 Å². The van der Waals surface area contributed by atoms with Gasteiger partial charge in [-0.2, -0.15) is 13.2 Å². The Morgan fingerprint density at radius 1 is 1.19 bits per heavy atom. The number of hydrogen-bond donors (Lipinski definition) is 2. The highest BCUT2D eigenvalue weighted by molar-refractivity contribution is 5.75. The molecule has 0 radical (unpaired) electrons. The molecule has 5 rings (SSSR count). The average Bonchev–Trinajstić information content (AvgIpc) is 3.11. The number of halogens is 3. The number of carbonyl (C=O) groups excluding carboxylic acids is 1.